The number of hydrogen-bond donors (Lipinski definition) is 2. The van der Waals surface area contributed by atoms with Crippen LogP contribution in [0.15, 0.2) is 42.6 Å². The second-order valence-corrected chi connectivity index (χ2v) is 7.60. The third kappa shape index (κ3) is 4.09. The van der Waals surface area contributed by atoms with Gasteiger partial charge in [0.1, 0.15) is 5.84 Å². The van der Waals surface area contributed by atoms with Crippen LogP contribution in [-0.2, 0) is 6.54 Å². The molecule has 1 aromatic carbocycles. The molecule has 1 aromatic heterocycles. The van der Waals surface area contributed by atoms with Gasteiger partial charge >= 0.3 is 0 Å². The fourth-order valence-electron chi connectivity index (χ4n) is 3.95. The minimum absolute atomic E-state index is 0.496. The molecule has 1 fully saturated rings. The molecule has 1 unspecified atom stereocenters. The summed E-state index contributed by atoms with van der Waals surface area (Å²) in [7, 11) is 0. The topological polar surface area (TPSA) is 56.9 Å². The van der Waals surface area contributed by atoms with E-state index in [2.05, 4.69) is 75.5 Å². The molecule has 1 saturated heterocycles. The fraction of sp³-hybridized carbons (Fsp3) is 0.391. The lowest BCUT2D eigenvalue weighted by Crippen LogP contribution is -2.46. The summed E-state index contributed by atoms with van der Waals surface area (Å²) < 4.78 is 2.07. The maximum atomic E-state index is 8.46. The Morgan fingerprint density at radius 2 is 2.00 bits per heavy atom. The molecular formula is C23H29N5. The molecule has 1 aliphatic carbocycles. The molecule has 2 heterocycles. The first-order valence-corrected chi connectivity index (χ1v) is 10.3. The highest BCUT2D eigenvalue weighted by molar-refractivity contribution is 5.96. The molecule has 28 heavy (non-hydrogen) atoms. The van der Waals surface area contributed by atoms with E-state index >= 15 is 0 Å². The number of nitrogens with one attached hydrogen (secondary N) is 2. The van der Waals surface area contributed by atoms with Crippen LogP contribution in [0.4, 0.5) is 0 Å². The second kappa shape index (κ2) is 8.57. The average molecular weight is 376 g/mol. The van der Waals surface area contributed by atoms with Crippen molar-refractivity contribution in [2.75, 3.05) is 26.2 Å². The van der Waals surface area contributed by atoms with Gasteiger partial charge in [0.2, 0.25) is 0 Å². The number of hydrogen-bond acceptors (Lipinski definition) is 3. The van der Waals surface area contributed by atoms with Crippen LogP contribution in [0.3, 0.4) is 0 Å². The predicted octanol–water partition coefficient (Wildman–Crippen LogP) is 1.71. The first kappa shape index (κ1) is 18.7. The Kier molecular flexibility index (Phi) is 5.72. The fourth-order valence-corrected chi connectivity index (χ4v) is 3.95. The Hall–Kier alpha value is -2.66. The molecule has 1 atom stereocenters. The maximum Gasteiger partial charge on any atom is 0.128 e. The summed E-state index contributed by atoms with van der Waals surface area (Å²) in [5.74, 6) is 1.12. The number of allylic oxidation sites excluding steroid dienone is 2. The lowest BCUT2D eigenvalue weighted by molar-refractivity contribution is 0.356. The van der Waals surface area contributed by atoms with E-state index in [-0.39, 0.29) is 0 Å². The second-order valence-electron chi connectivity index (χ2n) is 7.60. The van der Waals surface area contributed by atoms with E-state index in [1.807, 2.05) is 6.20 Å². The van der Waals surface area contributed by atoms with Gasteiger partial charge in [0.15, 0.2) is 0 Å². The minimum atomic E-state index is 0.496. The van der Waals surface area contributed by atoms with Crippen LogP contribution in [0.1, 0.15) is 30.9 Å². The van der Waals surface area contributed by atoms with E-state index < -0.39 is 0 Å². The van der Waals surface area contributed by atoms with Crippen molar-refractivity contribution >= 4 is 18.0 Å². The molecule has 0 bridgehead atoms. The Morgan fingerprint density at radius 3 is 2.75 bits per heavy atom. The Labute approximate surface area is 166 Å². The van der Waals surface area contributed by atoms with Gasteiger partial charge in [-0.3, -0.25) is 10.1 Å². The van der Waals surface area contributed by atoms with E-state index in [0.29, 0.717) is 11.8 Å². The van der Waals surface area contributed by atoms with Gasteiger partial charge in [0, 0.05) is 37.0 Å². The number of fused-ring (bicyclic) bond motifs is 1. The van der Waals surface area contributed by atoms with Crippen molar-refractivity contribution in [3.05, 3.63) is 64.3 Å². The predicted molar refractivity (Wildman–Crippen MR) is 115 cm³/mol. The van der Waals surface area contributed by atoms with Crippen molar-refractivity contribution in [3.63, 3.8) is 0 Å². The SMILES string of the molecule is CCCC1C=CC=c2c(cnn2Cc2ccc(C(=N)N3CCNCC3)cc2)=C1. The Bertz CT molecular complexity index is 961. The van der Waals surface area contributed by atoms with E-state index in [4.69, 9.17) is 5.41 Å². The van der Waals surface area contributed by atoms with Crippen molar-refractivity contribution in [3.8, 4) is 0 Å². The number of benzene rings is 1. The first-order chi connectivity index (χ1) is 13.7. The molecule has 5 nitrogen and oxygen atoms in total. The number of nitrogens with zero attached hydrogens (tertiary/aromatic N) is 3. The molecule has 5 heteroatoms. The van der Waals surface area contributed by atoms with E-state index in [1.54, 1.807) is 0 Å². The summed E-state index contributed by atoms with van der Waals surface area (Å²) in [6, 6.07) is 8.37. The van der Waals surface area contributed by atoms with Crippen LogP contribution in [0.2, 0.25) is 0 Å². The molecular weight excluding hydrogens is 346 g/mol. The molecule has 0 saturated carbocycles. The number of aromatic nitrogens is 2. The first-order valence-electron chi connectivity index (χ1n) is 10.3. The summed E-state index contributed by atoms with van der Waals surface area (Å²) in [5, 5.41) is 18.8. The molecule has 0 spiro atoms. The van der Waals surface area contributed by atoms with E-state index in [9.17, 15) is 0 Å². The van der Waals surface area contributed by atoms with Crippen LogP contribution in [-0.4, -0.2) is 46.7 Å². The monoisotopic (exact) mass is 375 g/mol. The lowest BCUT2D eigenvalue weighted by Gasteiger charge is -2.29. The van der Waals surface area contributed by atoms with Gasteiger partial charge in [-0.05, 0) is 24.0 Å². The maximum absolute atomic E-state index is 8.46. The summed E-state index contributed by atoms with van der Waals surface area (Å²) in [6.07, 6.45) is 13.3. The standard InChI is InChI=1S/C23H29N5/c1-2-4-18-5-3-6-22-21(15-18)16-26-28(22)17-19-7-9-20(10-8-19)23(24)27-13-11-25-12-14-27/h3,5-10,15-16,18,24-25H,2,4,11-14,17H2,1H3. The van der Waals surface area contributed by atoms with Crippen molar-refractivity contribution in [2.45, 2.75) is 26.3 Å². The van der Waals surface area contributed by atoms with Crippen molar-refractivity contribution in [2.24, 2.45) is 5.92 Å². The Balaban J connectivity index is 1.50. The van der Waals surface area contributed by atoms with Gasteiger partial charge in [-0.25, -0.2) is 0 Å². The highest BCUT2D eigenvalue weighted by Gasteiger charge is 2.14. The number of rotatable bonds is 5. The molecule has 2 aromatic rings. The van der Waals surface area contributed by atoms with Gasteiger partial charge in [0.25, 0.3) is 0 Å². The van der Waals surface area contributed by atoms with Gasteiger partial charge < -0.3 is 10.2 Å². The third-order valence-corrected chi connectivity index (χ3v) is 5.53. The van der Waals surface area contributed by atoms with Gasteiger partial charge in [0.05, 0.1) is 18.1 Å². The molecule has 4 rings (SSSR count). The molecule has 2 N–H and O–H groups in total. The molecule has 0 amide bonds. The minimum Gasteiger partial charge on any atom is -0.354 e. The molecule has 0 radical (unpaired) electrons. The molecule has 1 aliphatic heterocycles. The summed E-state index contributed by atoms with van der Waals surface area (Å²) >= 11 is 0. The summed E-state index contributed by atoms with van der Waals surface area (Å²) in [6.45, 7) is 6.68. The van der Waals surface area contributed by atoms with Crippen molar-refractivity contribution in [1.29, 1.82) is 5.41 Å². The van der Waals surface area contributed by atoms with Crippen molar-refractivity contribution in [1.82, 2.24) is 20.0 Å². The average Bonchev–Trinajstić information content (AvgIpc) is 2.98. The summed E-state index contributed by atoms with van der Waals surface area (Å²) in [4.78, 5) is 2.14. The zero-order valence-corrected chi connectivity index (χ0v) is 16.6. The van der Waals surface area contributed by atoms with Gasteiger partial charge in [-0.2, -0.15) is 5.10 Å². The number of piperazine rings is 1. The van der Waals surface area contributed by atoms with E-state index in [1.165, 1.54) is 29.0 Å². The highest BCUT2D eigenvalue weighted by atomic mass is 15.3. The third-order valence-electron chi connectivity index (χ3n) is 5.53. The van der Waals surface area contributed by atoms with E-state index in [0.717, 1.165) is 38.3 Å². The van der Waals surface area contributed by atoms with Crippen LogP contribution in [0.25, 0.3) is 12.2 Å². The summed E-state index contributed by atoms with van der Waals surface area (Å²) in [5.41, 5.74) is 2.18. The highest BCUT2D eigenvalue weighted by Crippen LogP contribution is 2.11. The van der Waals surface area contributed by atoms with Crippen LogP contribution in [0, 0.1) is 11.3 Å². The van der Waals surface area contributed by atoms with Crippen LogP contribution < -0.4 is 15.9 Å². The number of amidine groups is 1. The van der Waals surface area contributed by atoms with Crippen LogP contribution in [0.5, 0.6) is 0 Å². The lowest BCUT2D eigenvalue weighted by atomic mass is 10.0. The quantitative estimate of drug-likeness (QED) is 0.618. The van der Waals surface area contributed by atoms with Crippen LogP contribution >= 0.6 is 0 Å². The van der Waals surface area contributed by atoms with Gasteiger partial charge in [-0.1, -0.05) is 55.8 Å². The largest absolute Gasteiger partial charge is 0.354 e. The van der Waals surface area contributed by atoms with Crippen molar-refractivity contribution < 1.29 is 0 Å². The van der Waals surface area contributed by atoms with Gasteiger partial charge in [-0.15, -0.1) is 0 Å². The molecule has 2 aliphatic rings. The molecule has 146 valence electrons. The zero-order chi connectivity index (χ0) is 19.3. The normalized spacial score (nSPS) is 18.8. The zero-order valence-electron chi connectivity index (χ0n) is 16.6. The smallest absolute Gasteiger partial charge is 0.128 e. The Morgan fingerprint density at radius 1 is 1.21 bits per heavy atom.